The summed E-state index contributed by atoms with van der Waals surface area (Å²) < 4.78 is 28.2. The minimum absolute atomic E-state index is 0.0929. The van der Waals surface area contributed by atoms with Gasteiger partial charge in [-0.15, -0.1) is 0 Å². The van der Waals surface area contributed by atoms with Crippen molar-refractivity contribution in [3.8, 4) is 5.75 Å². The smallest absolute Gasteiger partial charge is 0.261 e. The number of benzene rings is 2. The Kier molecular flexibility index (Phi) is 5.04. The number of rotatable bonds is 4. The third-order valence-corrected chi connectivity index (χ3v) is 4.78. The summed E-state index contributed by atoms with van der Waals surface area (Å²) in [4.78, 5) is -0.164. The van der Waals surface area contributed by atoms with Crippen molar-refractivity contribution in [3.05, 3.63) is 57.6 Å². The molecular formula is C14H11Cl3O3S. The van der Waals surface area contributed by atoms with Crippen molar-refractivity contribution in [2.24, 2.45) is 0 Å². The molecule has 0 spiro atoms. The predicted molar refractivity (Wildman–Crippen MR) is 85.0 cm³/mol. The summed E-state index contributed by atoms with van der Waals surface area (Å²) in [6.45, 7) is 2.24. The predicted octanol–water partition coefficient (Wildman–Crippen LogP) is 4.81. The summed E-state index contributed by atoms with van der Waals surface area (Å²) in [7, 11) is 1.37. The standard InChI is InChI=1S/C14H11Cl3O3S/c1-9-4-2-3-5-10(9)8-20-14-12(15)6-11(7-13(14)16)21(17,18)19/h2-7H,8H2,1H3. The van der Waals surface area contributed by atoms with Gasteiger partial charge < -0.3 is 4.74 Å². The first-order chi connectivity index (χ1) is 9.79. The highest BCUT2D eigenvalue weighted by atomic mass is 35.7. The molecule has 2 aromatic carbocycles. The summed E-state index contributed by atoms with van der Waals surface area (Å²) in [5.41, 5.74) is 2.06. The van der Waals surface area contributed by atoms with Crippen molar-refractivity contribution in [2.75, 3.05) is 0 Å². The number of hydrogen-bond acceptors (Lipinski definition) is 3. The van der Waals surface area contributed by atoms with E-state index in [0.717, 1.165) is 11.1 Å². The summed E-state index contributed by atoms with van der Waals surface area (Å²) in [5.74, 6) is 0.227. The first-order valence-corrected chi connectivity index (χ1v) is 8.96. The van der Waals surface area contributed by atoms with Gasteiger partial charge in [-0.2, -0.15) is 0 Å². The van der Waals surface area contributed by atoms with E-state index < -0.39 is 9.05 Å². The molecule has 0 fully saturated rings. The van der Waals surface area contributed by atoms with Crippen LogP contribution in [0.4, 0.5) is 0 Å². The topological polar surface area (TPSA) is 43.4 Å². The first-order valence-electron chi connectivity index (χ1n) is 5.90. The quantitative estimate of drug-likeness (QED) is 0.730. The van der Waals surface area contributed by atoms with Crippen LogP contribution in [-0.4, -0.2) is 8.42 Å². The second kappa shape index (κ2) is 6.44. The number of hydrogen-bond donors (Lipinski definition) is 0. The van der Waals surface area contributed by atoms with Gasteiger partial charge in [0.15, 0.2) is 5.75 Å². The molecule has 21 heavy (non-hydrogen) atoms. The van der Waals surface area contributed by atoms with Crippen molar-refractivity contribution >= 4 is 42.9 Å². The molecule has 0 bridgehead atoms. The zero-order valence-corrected chi connectivity index (χ0v) is 14.0. The molecule has 0 aromatic heterocycles. The zero-order chi connectivity index (χ0) is 15.6. The molecule has 0 aliphatic heterocycles. The molecule has 0 aliphatic rings. The largest absolute Gasteiger partial charge is 0.486 e. The van der Waals surface area contributed by atoms with E-state index in [4.69, 9.17) is 38.6 Å². The molecule has 0 heterocycles. The third kappa shape index (κ3) is 4.04. The van der Waals surface area contributed by atoms with Crippen molar-refractivity contribution < 1.29 is 13.2 Å². The maximum absolute atomic E-state index is 11.3. The monoisotopic (exact) mass is 364 g/mol. The van der Waals surface area contributed by atoms with Crippen molar-refractivity contribution in [3.63, 3.8) is 0 Å². The zero-order valence-electron chi connectivity index (χ0n) is 10.9. The fourth-order valence-corrected chi connectivity index (χ4v) is 3.25. The van der Waals surface area contributed by atoms with Crippen LogP contribution in [0.1, 0.15) is 11.1 Å². The summed E-state index contributed by atoms with van der Waals surface area (Å²) in [6.07, 6.45) is 0. The lowest BCUT2D eigenvalue weighted by molar-refractivity contribution is 0.305. The molecule has 0 unspecified atom stereocenters. The molecule has 0 radical (unpaired) electrons. The highest BCUT2D eigenvalue weighted by molar-refractivity contribution is 8.13. The van der Waals surface area contributed by atoms with Crippen molar-refractivity contribution in [1.82, 2.24) is 0 Å². The molecule has 112 valence electrons. The van der Waals surface area contributed by atoms with Crippen molar-refractivity contribution in [2.45, 2.75) is 18.4 Å². The van der Waals surface area contributed by atoms with Gasteiger partial charge in [0, 0.05) is 10.7 Å². The molecular weight excluding hydrogens is 355 g/mol. The number of aryl methyl sites for hydroxylation is 1. The summed E-state index contributed by atoms with van der Waals surface area (Å²) >= 11 is 12.0. The summed E-state index contributed by atoms with van der Waals surface area (Å²) in [6, 6.07) is 10.1. The van der Waals surface area contributed by atoms with E-state index in [1.807, 2.05) is 31.2 Å². The van der Waals surface area contributed by atoms with E-state index in [-0.39, 0.29) is 27.3 Å². The van der Waals surface area contributed by atoms with Gasteiger partial charge in [-0.25, -0.2) is 8.42 Å². The molecule has 0 saturated heterocycles. The molecule has 2 aromatic rings. The van der Waals surface area contributed by atoms with Gasteiger partial charge in [0.1, 0.15) is 6.61 Å². The van der Waals surface area contributed by atoms with Crippen LogP contribution in [-0.2, 0) is 15.7 Å². The Labute approximate surface area is 137 Å². The Morgan fingerprint density at radius 2 is 1.67 bits per heavy atom. The Bertz CT molecular complexity index is 750. The fourth-order valence-electron chi connectivity index (χ4n) is 1.74. The molecule has 3 nitrogen and oxygen atoms in total. The molecule has 2 rings (SSSR count). The van der Waals surface area contributed by atoms with E-state index in [2.05, 4.69) is 0 Å². The van der Waals surface area contributed by atoms with E-state index in [9.17, 15) is 8.42 Å². The van der Waals surface area contributed by atoms with Gasteiger partial charge >= 0.3 is 0 Å². The van der Waals surface area contributed by atoms with Gasteiger partial charge in [-0.3, -0.25) is 0 Å². The molecule has 0 atom stereocenters. The fraction of sp³-hybridized carbons (Fsp3) is 0.143. The van der Waals surface area contributed by atoms with Gasteiger partial charge in [-0.1, -0.05) is 47.5 Å². The normalized spacial score (nSPS) is 11.4. The minimum Gasteiger partial charge on any atom is -0.486 e. The lowest BCUT2D eigenvalue weighted by Crippen LogP contribution is -2.00. The maximum Gasteiger partial charge on any atom is 0.261 e. The van der Waals surface area contributed by atoms with Crippen molar-refractivity contribution in [1.29, 1.82) is 0 Å². The number of ether oxygens (including phenoxy) is 1. The van der Waals surface area contributed by atoms with Crippen LogP contribution >= 0.6 is 33.9 Å². The van der Waals surface area contributed by atoms with Crippen LogP contribution in [0.3, 0.4) is 0 Å². The lowest BCUT2D eigenvalue weighted by atomic mass is 10.1. The Hall–Kier alpha value is -0.940. The van der Waals surface area contributed by atoms with Gasteiger partial charge in [-0.05, 0) is 30.2 Å². The lowest BCUT2D eigenvalue weighted by Gasteiger charge is -2.12. The Morgan fingerprint density at radius 1 is 1.10 bits per heavy atom. The highest BCUT2D eigenvalue weighted by Gasteiger charge is 2.17. The molecule has 0 aliphatic carbocycles. The third-order valence-electron chi connectivity index (χ3n) is 2.89. The van der Waals surface area contributed by atoms with Crippen LogP contribution in [0.5, 0.6) is 5.75 Å². The van der Waals surface area contributed by atoms with E-state index in [1.54, 1.807) is 0 Å². The SMILES string of the molecule is Cc1ccccc1COc1c(Cl)cc(S(=O)(=O)Cl)cc1Cl. The average molecular weight is 366 g/mol. The van der Waals surface area contributed by atoms with Gasteiger partial charge in [0.2, 0.25) is 0 Å². The van der Waals surface area contributed by atoms with Crippen LogP contribution in [0.25, 0.3) is 0 Å². The molecule has 7 heteroatoms. The minimum atomic E-state index is -3.89. The first kappa shape index (κ1) is 16.4. The van der Waals surface area contributed by atoms with Crippen LogP contribution in [0, 0.1) is 6.92 Å². The van der Waals surface area contributed by atoms with E-state index in [0.29, 0.717) is 0 Å². The van der Waals surface area contributed by atoms with E-state index >= 15 is 0 Å². The molecule has 0 amide bonds. The second-order valence-electron chi connectivity index (χ2n) is 4.37. The number of halogens is 3. The molecule has 0 saturated carbocycles. The average Bonchev–Trinajstić information content (AvgIpc) is 2.38. The summed E-state index contributed by atoms with van der Waals surface area (Å²) in [5, 5.41) is 0.186. The Morgan fingerprint density at radius 3 is 2.19 bits per heavy atom. The van der Waals surface area contributed by atoms with E-state index in [1.165, 1.54) is 12.1 Å². The maximum atomic E-state index is 11.3. The molecule has 0 N–H and O–H groups in total. The van der Waals surface area contributed by atoms with Crippen LogP contribution in [0.15, 0.2) is 41.3 Å². The Balaban J connectivity index is 2.28. The highest BCUT2D eigenvalue weighted by Crippen LogP contribution is 2.37. The van der Waals surface area contributed by atoms with Gasteiger partial charge in [0.25, 0.3) is 9.05 Å². The van der Waals surface area contributed by atoms with Gasteiger partial charge in [0.05, 0.1) is 14.9 Å². The van der Waals surface area contributed by atoms with Crippen LogP contribution < -0.4 is 4.74 Å². The second-order valence-corrected chi connectivity index (χ2v) is 7.75. The van der Waals surface area contributed by atoms with Crippen LogP contribution in [0.2, 0.25) is 10.0 Å².